The van der Waals surface area contributed by atoms with Crippen molar-refractivity contribution in [2.75, 3.05) is 18.5 Å². The lowest BCUT2D eigenvalue weighted by Crippen LogP contribution is -2.32. The Bertz CT molecular complexity index is 401. The maximum Gasteiger partial charge on any atom is 0.185 e. The number of nitrogens with one attached hydrogen (secondary N) is 1. The number of rotatable bonds is 6. The molecule has 6 heteroatoms. The lowest BCUT2D eigenvalue weighted by Gasteiger charge is -2.29. The summed E-state index contributed by atoms with van der Waals surface area (Å²) in [5.74, 6) is 0. The smallest absolute Gasteiger partial charge is 0.185 e. The average molecular weight is 274 g/mol. The van der Waals surface area contributed by atoms with Crippen LogP contribution in [0.4, 0.5) is 5.13 Å². The second-order valence-corrected chi connectivity index (χ2v) is 5.33. The third kappa shape index (κ3) is 3.32. The minimum Gasteiger partial charge on any atom is -0.396 e. The van der Waals surface area contributed by atoms with Gasteiger partial charge in [-0.2, -0.15) is 5.26 Å². The summed E-state index contributed by atoms with van der Waals surface area (Å²) in [6.07, 6.45) is 1.77. The van der Waals surface area contributed by atoms with Crippen LogP contribution in [0.25, 0.3) is 0 Å². The van der Waals surface area contributed by atoms with Gasteiger partial charge in [0.05, 0.1) is 6.61 Å². The van der Waals surface area contributed by atoms with E-state index in [-0.39, 0.29) is 17.2 Å². The van der Waals surface area contributed by atoms with E-state index < -0.39 is 0 Å². The van der Waals surface area contributed by atoms with E-state index in [9.17, 15) is 5.11 Å². The molecule has 0 bridgehead atoms. The molecule has 0 aliphatic heterocycles. The Morgan fingerprint density at radius 1 is 1.53 bits per heavy atom. The highest BCUT2D eigenvalue weighted by Crippen LogP contribution is 2.29. The van der Waals surface area contributed by atoms with Crippen molar-refractivity contribution in [1.29, 1.82) is 5.26 Å². The molecule has 0 amide bonds. The van der Waals surface area contributed by atoms with Crippen LogP contribution in [0.15, 0.2) is 0 Å². The maximum atomic E-state index is 9.43. The minimum atomic E-state index is -0.134. The largest absolute Gasteiger partial charge is 0.396 e. The molecule has 0 atom stereocenters. The number of hydrogen-bond donors (Lipinski definition) is 2. The summed E-state index contributed by atoms with van der Waals surface area (Å²) in [4.78, 5) is 4.47. The summed E-state index contributed by atoms with van der Waals surface area (Å²) < 4.78 is 0. The predicted molar refractivity (Wildman–Crippen MR) is 70.4 cm³/mol. The summed E-state index contributed by atoms with van der Waals surface area (Å²) in [5.41, 5.74) is -0.134. The zero-order valence-electron chi connectivity index (χ0n) is 9.96. The Balaban J connectivity index is 2.69. The molecule has 2 N–H and O–H groups in total. The van der Waals surface area contributed by atoms with Crippen molar-refractivity contribution in [2.45, 2.75) is 26.7 Å². The van der Waals surface area contributed by atoms with Crippen molar-refractivity contribution in [3.8, 4) is 6.07 Å². The fraction of sp³-hybridized carbons (Fsp3) is 0.636. The van der Waals surface area contributed by atoms with Crippen LogP contribution in [0.3, 0.4) is 0 Å². The molecule has 0 saturated carbocycles. The van der Waals surface area contributed by atoms with Gasteiger partial charge in [0.1, 0.15) is 10.9 Å². The van der Waals surface area contributed by atoms with Crippen LogP contribution < -0.4 is 5.32 Å². The molecule has 1 heterocycles. The molecular weight excluding hydrogens is 258 g/mol. The van der Waals surface area contributed by atoms with Crippen molar-refractivity contribution in [1.82, 2.24) is 4.98 Å². The lowest BCUT2D eigenvalue weighted by atomic mass is 9.83. The van der Waals surface area contributed by atoms with E-state index in [1.54, 1.807) is 0 Å². The number of hydrogen-bond acceptors (Lipinski definition) is 5. The monoisotopic (exact) mass is 273 g/mol. The van der Waals surface area contributed by atoms with Gasteiger partial charge >= 0.3 is 0 Å². The van der Waals surface area contributed by atoms with Gasteiger partial charge in [0.25, 0.3) is 0 Å². The summed E-state index contributed by atoms with van der Waals surface area (Å²) in [5, 5.41) is 22.2. The Morgan fingerprint density at radius 2 is 2.18 bits per heavy atom. The zero-order chi connectivity index (χ0) is 12.9. The Kier molecular flexibility index (Phi) is 5.19. The van der Waals surface area contributed by atoms with Crippen molar-refractivity contribution in [2.24, 2.45) is 5.41 Å². The van der Waals surface area contributed by atoms with Crippen LogP contribution in [0.1, 0.15) is 31.6 Å². The molecule has 0 fully saturated rings. The molecule has 0 unspecified atom stereocenters. The molecule has 1 aromatic rings. The molecule has 4 nitrogen and oxygen atoms in total. The van der Waals surface area contributed by atoms with Crippen molar-refractivity contribution >= 4 is 28.1 Å². The van der Waals surface area contributed by atoms with Gasteiger partial charge in [0, 0.05) is 12.0 Å². The molecule has 1 aromatic heterocycles. The molecule has 0 aromatic carbocycles. The number of aromatic nitrogens is 1. The Morgan fingerprint density at radius 3 is 2.59 bits per heavy atom. The first-order valence-electron chi connectivity index (χ1n) is 5.52. The highest BCUT2D eigenvalue weighted by atomic mass is 35.5. The number of halogens is 1. The zero-order valence-corrected chi connectivity index (χ0v) is 11.5. The van der Waals surface area contributed by atoms with Gasteiger partial charge in [-0.15, -0.1) is 0 Å². The SMILES string of the molecule is CCC(CC)(CO)CNc1nc(Cl)c(C#N)s1. The van der Waals surface area contributed by atoms with Crippen LogP contribution >= 0.6 is 22.9 Å². The normalized spacial score (nSPS) is 11.2. The van der Waals surface area contributed by atoms with E-state index in [0.717, 1.165) is 12.8 Å². The van der Waals surface area contributed by atoms with E-state index in [2.05, 4.69) is 24.1 Å². The van der Waals surface area contributed by atoms with Crippen molar-refractivity contribution in [3.05, 3.63) is 10.0 Å². The Hall–Kier alpha value is -0.830. The number of thiazole rings is 1. The number of anilines is 1. The topological polar surface area (TPSA) is 68.9 Å². The second kappa shape index (κ2) is 6.20. The quantitative estimate of drug-likeness (QED) is 0.836. The molecule has 0 spiro atoms. The highest BCUT2D eigenvalue weighted by molar-refractivity contribution is 7.16. The van der Waals surface area contributed by atoms with E-state index in [0.29, 0.717) is 16.6 Å². The molecule has 0 aliphatic rings. The molecule has 17 heavy (non-hydrogen) atoms. The van der Waals surface area contributed by atoms with E-state index in [1.807, 2.05) is 6.07 Å². The highest BCUT2D eigenvalue weighted by Gasteiger charge is 2.25. The molecular formula is C11H16ClN3OS. The third-order valence-electron chi connectivity index (χ3n) is 3.14. The number of aliphatic hydroxyl groups excluding tert-OH is 1. The van der Waals surface area contributed by atoms with Crippen LogP contribution in [-0.4, -0.2) is 23.2 Å². The fourth-order valence-electron chi connectivity index (χ4n) is 1.49. The van der Waals surface area contributed by atoms with Gasteiger partial charge in [-0.05, 0) is 12.8 Å². The first kappa shape index (κ1) is 14.2. The van der Waals surface area contributed by atoms with Crippen molar-refractivity contribution in [3.63, 3.8) is 0 Å². The van der Waals surface area contributed by atoms with Crippen LogP contribution in [0.5, 0.6) is 0 Å². The van der Waals surface area contributed by atoms with Gasteiger partial charge < -0.3 is 10.4 Å². The number of nitriles is 1. The van der Waals surface area contributed by atoms with Gasteiger partial charge in [-0.1, -0.05) is 36.8 Å². The summed E-state index contributed by atoms with van der Waals surface area (Å²) >= 11 is 7.02. The van der Waals surface area contributed by atoms with Gasteiger partial charge in [0.15, 0.2) is 10.3 Å². The summed E-state index contributed by atoms with van der Waals surface area (Å²) in [6, 6.07) is 1.99. The second-order valence-electron chi connectivity index (χ2n) is 3.97. The van der Waals surface area contributed by atoms with Gasteiger partial charge in [-0.3, -0.25) is 0 Å². The number of nitrogens with zero attached hydrogens (tertiary/aromatic N) is 2. The molecule has 0 saturated heterocycles. The molecule has 1 rings (SSSR count). The lowest BCUT2D eigenvalue weighted by molar-refractivity contribution is 0.127. The van der Waals surface area contributed by atoms with E-state index >= 15 is 0 Å². The first-order chi connectivity index (χ1) is 8.10. The standard InChI is InChI=1S/C11H16ClN3OS/c1-3-11(4-2,7-16)6-14-10-15-9(12)8(5-13)17-10/h16H,3-4,6-7H2,1-2H3,(H,14,15). The Labute approximate surface area is 110 Å². The van der Waals surface area contributed by atoms with Gasteiger partial charge in [0.2, 0.25) is 0 Å². The molecule has 0 radical (unpaired) electrons. The molecule has 0 aliphatic carbocycles. The summed E-state index contributed by atoms with van der Waals surface area (Å²) in [7, 11) is 0. The third-order valence-corrected chi connectivity index (χ3v) is 4.44. The average Bonchev–Trinajstić information content (AvgIpc) is 2.72. The van der Waals surface area contributed by atoms with Crippen LogP contribution in [-0.2, 0) is 0 Å². The van der Waals surface area contributed by atoms with Crippen LogP contribution in [0, 0.1) is 16.7 Å². The van der Waals surface area contributed by atoms with E-state index in [4.69, 9.17) is 16.9 Å². The summed E-state index contributed by atoms with van der Waals surface area (Å²) in [6.45, 7) is 4.87. The first-order valence-corrected chi connectivity index (χ1v) is 6.71. The van der Waals surface area contributed by atoms with Crippen molar-refractivity contribution < 1.29 is 5.11 Å². The van der Waals surface area contributed by atoms with E-state index in [1.165, 1.54) is 11.3 Å². The minimum absolute atomic E-state index is 0.134. The van der Waals surface area contributed by atoms with Gasteiger partial charge in [-0.25, -0.2) is 4.98 Å². The predicted octanol–water partition coefficient (Wildman–Crippen LogP) is 2.88. The fourth-order valence-corrected chi connectivity index (χ4v) is 2.43. The molecule has 94 valence electrons. The van der Waals surface area contributed by atoms with Crippen LogP contribution in [0.2, 0.25) is 5.15 Å². The number of aliphatic hydroxyl groups is 1. The maximum absolute atomic E-state index is 9.43.